The molecule has 6 heteroatoms. The molecule has 3 rings (SSSR count). The van der Waals surface area contributed by atoms with Gasteiger partial charge in [0, 0.05) is 17.0 Å². The smallest absolute Gasteiger partial charge is 0.407 e. The second-order valence-electron chi connectivity index (χ2n) is 8.77. The van der Waals surface area contributed by atoms with Crippen LogP contribution in [0.15, 0.2) is 6.07 Å². The van der Waals surface area contributed by atoms with Gasteiger partial charge in [-0.1, -0.05) is 6.92 Å². The quantitative estimate of drug-likeness (QED) is 0.845. The van der Waals surface area contributed by atoms with Crippen molar-refractivity contribution < 1.29 is 19.1 Å². The molecule has 6 nitrogen and oxygen atoms in total. The van der Waals surface area contributed by atoms with Crippen LogP contribution in [0.5, 0.6) is 5.75 Å². The molecule has 2 aliphatic heterocycles. The zero-order valence-corrected chi connectivity index (χ0v) is 16.6. The summed E-state index contributed by atoms with van der Waals surface area (Å²) < 4.78 is 11.5. The van der Waals surface area contributed by atoms with Crippen molar-refractivity contribution >= 4 is 17.7 Å². The third-order valence-electron chi connectivity index (χ3n) is 5.10. The molecule has 0 aromatic heterocycles. The Labute approximate surface area is 154 Å². The number of nitrogens with one attached hydrogen (secondary N) is 2. The summed E-state index contributed by atoms with van der Waals surface area (Å²) in [6, 6.07) is 2.08. The standard InChI is InChI=1S/C20H28N2O4/c1-10-8-12-11(2)13(9-21-18(24)26-19(3,4)5)25-16(12)14-15(10)22-17(23)20(14,6)7/h8,11,13H,9H2,1-7H3,(H,21,24)(H,22,23). The first kappa shape index (κ1) is 18.5. The van der Waals surface area contributed by atoms with Crippen molar-refractivity contribution in [3.8, 4) is 5.75 Å². The highest BCUT2D eigenvalue weighted by atomic mass is 16.6. The molecule has 0 bridgehead atoms. The fraction of sp³-hybridized carbons (Fsp3) is 0.600. The lowest BCUT2D eigenvalue weighted by Crippen LogP contribution is -2.39. The molecule has 2 amide bonds. The minimum atomic E-state index is -0.640. The maximum atomic E-state index is 12.4. The summed E-state index contributed by atoms with van der Waals surface area (Å²) in [5.41, 5.74) is 2.72. The van der Waals surface area contributed by atoms with E-state index in [1.165, 1.54) is 0 Å². The molecule has 26 heavy (non-hydrogen) atoms. The van der Waals surface area contributed by atoms with Gasteiger partial charge in [0.15, 0.2) is 0 Å². The first-order valence-corrected chi connectivity index (χ1v) is 9.04. The van der Waals surface area contributed by atoms with E-state index >= 15 is 0 Å². The molecule has 2 unspecified atom stereocenters. The molecule has 2 heterocycles. The van der Waals surface area contributed by atoms with E-state index in [1.54, 1.807) is 0 Å². The largest absolute Gasteiger partial charge is 0.487 e. The fourth-order valence-corrected chi connectivity index (χ4v) is 3.60. The van der Waals surface area contributed by atoms with Crippen LogP contribution >= 0.6 is 0 Å². The highest BCUT2D eigenvalue weighted by Crippen LogP contribution is 2.52. The van der Waals surface area contributed by atoms with Crippen LogP contribution in [-0.2, 0) is 14.9 Å². The first-order chi connectivity index (χ1) is 11.9. The summed E-state index contributed by atoms with van der Waals surface area (Å²) in [5, 5.41) is 5.77. The predicted molar refractivity (Wildman–Crippen MR) is 99.9 cm³/mol. The van der Waals surface area contributed by atoms with E-state index in [-0.39, 0.29) is 17.9 Å². The lowest BCUT2D eigenvalue weighted by molar-refractivity contribution is -0.119. The van der Waals surface area contributed by atoms with Gasteiger partial charge in [0.05, 0.1) is 17.6 Å². The Morgan fingerprint density at radius 2 is 2.04 bits per heavy atom. The highest BCUT2D eigenvalue weighted by Gasteiger charge is 2.46. The Balaban J connectivity index is 1.82. The topological polar surface area (TPSA) is 76.7 Å². The number of anilines is 1. The normalized spacial score (nSPS) is 23.0. The third-order valence-corrected chi connectivity index (χ3v) is 5.10. The van der Waals surface area contributed by atoms with E-state index in [2.05, 4.69) is 23.6 Å². The monoisotopic (exact) mass is 360 g/mol. The van der Waals surface area contributed by atoms with Gasteiger partial charge in [-0.15, -0.1) is 0 Å². The van der Waals surface area contributed by atoms with Crippen molar-refractivity contribution in [3.05, 3.63) is 22.8 Å². The minimum absolute atomic E-state index is 0.0180. The summed E-state index contributed by atoms with van der Waals surface area (Å²) in [4.78, 5) is 24.3. The van der Waals surface area contributed by atoms with E-state index in [0.29, 0.717) is 6.54 Å². The Hall–Kier alpha value is -2.24. The average Bonchev–Trinajstić information content (AvgIpc) is 2.92. The molecule has 2 N–H and O–H groups in total. The number of rotatable bonds is 2. The van der Waals surface area contributed by atoms with E-state index in [4.69, 9.17) is 9.47 Å². The molecule has 2 atom stereocenters. The van der Waals surface area contributed by atoms with Crippen molar-refractivity contribution in [1.82, 2.24) is 5.32 Å². The summed E-state index contributed by atoms with van der Waals surface area (Å²) in [6.45, 7) is 13.7. The van der Waals surface area contributed by atoms with Crippen molar-refractivity contribution in [2.24, 2.45) is 0 Å². The zero-order chi connectivity index (χ0) is 19.4. The van der Waals surface area contributed by atoms with E-state index in [9.17, 15) is 9.59 Å². The van der Waals surface area contributed by atoms with Crippen LogP contribution in [-0.4, -0.2) is 30.3 Å². The van der Waals surface area contributed by atoms with Gasteiger partial charge < -0.3 is 20.1 Å². The van der Waals surface area contributed by atoms with Crippen LogP contribution < -0.4 is 15.4 Å². The molecule has 0 saturated carbocycles. The van der Waals surface area contributed by atoms with Gasteiger partial charge in [-0.3, -0.25) is 4.79 Å². The highest BCUT2D eigenvalue weighted by molar-refractivity contribution is 6.07. The number of alkyl carbamates (subject to hydrolysis) is 1. The molecular formula is C20H28N2O4. The summed E-state index contributed by atoms with van der Waals surface area (Å²) >= 11 is 0. The molecule has 142 valence electrons. The fourth-order valence-electron chi connectivity index (χ4n) is 3.60. The molecule has 0 spiro atoms. The Kier molecular flexibility index (Phi) is 4.20. The summed E-state index contributed by atoms with van der Waals surface area (Å²) in [5.74, 6) is 0.864. The summed E-state index contributed by atoms with van der Waals surface area (Å²) in [7, 11) is 0. The predicted octanol–water partition coefficient (Wildman–Crippen LogP) is 3.61. The van der Waals surface area contributed by atoms with Gasteiger partial charge in [0.1, 0.15) is 17.5 Å². The molecule has 0 saturated heterocycles. The number of hydrogen-bond acceptors (Lipinski definition) is 4. The maximum Gasteiger partial charge on any atom is 0.407 e. The third kappa shape index (κ3) is 3.02. The van der Waals surface area contributed by atoms with E-state index in [1.807, 2.05) is 41.5 Å². The molecule has 2 aliphatic rings. The molecule has 1 aromatic carbocycles. The van der Waals surface area contributed by atoms with Crippen LogP contribution in [0.25, 0.3) is 0 Å². The van der Waals surface area contributed by atoms with Crippen LogP contribution in [0.1, 0.15) is 64.2 Å². The van der Waals surface area contributed by atoms with Crippen LogP contribution in [0.2, 0.25) is 0 Å². The average molecular weight is 360 g/mol. The molecule has 1 aromatic rings. The second-order valence-corrected chi connectivity index (χ2v) is 8.77. The number of ether oxygens (including phenoxy) is 2. The number of hydrogen-bond donors (Lipinski definition) is 2. The van der Waals surface area contributed by atoms with Crippen LogP contribution in [0.3, 0.4) is 0 Å². The van der Waals surface area contributed by atoms with E-state index < -0.39 is 17.1 Å². The van der Waals surface area contributed by atoms with Gasteiger partial charge in [-0.05, 0) is 53.2 Å². The van der Waals surface area contributed by atoms with Gasteiger partial charge in [0.25, 0.3) is 0 Å². The van der Waals surface area contributed by atoms with Crippen molar-refractivity contribution in [2.45, 2.75) is 71.5 Å². The zero-order valence-electron chi connectivity index (χ0n) is 16.6. The van der Waals surface area contributed by atoms with Crippen molar-refractivity contribution in [1.29, 1.82) is 0 Å². The van der Waals surface area contributed by atoms with Crippen LogP contribution in [0, 0.1) is 6.92 Å². The number of amides is 2. The molecule has 0 aliphatic carbocycles. The Morgan fingerprint density at radius 3 is 2.65 bits per heavy atom. The number of benzene rings is 1. The molecular weight excluding hydrogens is 332 g/mol. The van der Waals surface area contributed by atoms with Gasteiger partial charge >= 0.3 is 6.09 Å². The first-order valence-electron chi connectivity index (χ1n) is 9.04. The number of carbonyl (C=O) groups is 2. The second kappa shape index (κ2) is 5.89. The molecule has 0 radical (unpaired) electrons. The number of carbonyl (C=O) groups excluding carboxylic acids is 2. The van der Waals surface area contributed by atoms with E-state index in [0.717, 1.165) is 28.1 Å². The molecule has 0 fully saturated rings. The van der Waals surface area contributed by atoms with Gasteiger partial charge in [0.2, 0.25) is 5.91 Å². The summed E-state index contributed by atoms with van der Waals surface area (Å²) in [6.07, 6.45) is -0.655. The lowest BCUT2D eigenvalue weighted by atomic mass is 9.82. The van der Waals surface area contributed by atoms with Gasteiger partial charge in [-0.2, -0.15) is 0 Å². The SMILES string of the molecule is Cc1cc2c(c3c1NC(=O)C3(C)C)OC(CNC(=O)OC(C)(C)C)C2C. The number of fused-ring (bicyclic) bond motifs is 3. The Bertz CT molecular complexity index is 777. The maximum absolute atomic E-state index is 12.4. The number of aryl methyl sites for hydroxylation is 1. The minimum Gasteiger partial charge on any atom is -0.487 e. The van der Waals surface area contributed by atoms with Crippen LogP contribution in [0.4, 0.5) is 10.5 Å². The van der Waals surface area contributed by atoms with Crippen molar-refractivity contribution in [3.63, 3.8) is 0 Å². The Morgan fingerprint density at radius 1 is 1.38 bits per heavy atom. The van der Waals surface area contributed by atoms with Crippen molar-refractivity contribution in [2.75, 3.05) is 11.9 Å². The van der Waals surface area contributed by atoms with Gasteiger partial charge in [-0.25, -0.2) is 4.79 Å². The lowest BCUT2D eigenvalue weighted by Gasteiger charge is -2.22.